The first-order valence-electron chi connectivity index (χ1n) is 7.98. The first-order chi connectivity index (χ1) is 11.7. The van der Waals surface area contributed by atoms with Gasteiger partial charge in [0.05, 0.1) is 4.90 Å². The zero-order valence-corrected chi connectivity index (χ0v) is 15.4. The average Bonchev–Trinajstić information content (AvgIpc) is 2.55. The fraction of sp³-hybridized carbons (Fsp3) is 0.333. The Kier molecular flexibility index (Phi) is 5.92. The van der Waals surface area contributed by atoms with E-state index in [2.05, 4.69) is 35.8 Å². The van der Waals surface area contributed by atoms with Crippen LogP contribution in [0.2, 0.25) is 0 Å². The summed E-state index contributed by atoms with van der Waals surface area (Å²) >= 11 is 0. The number of anilines is 1. The van der Waals surface area contributed by atoms with Gasteiger partial charge in [0.2, 0.25) is 15.9 Å². The largest absolute Gasteiger partial charge is 0.326 e. The number of carbonyl (C=O) groups is 1. The molecule has 25 heavy (non-hydrogen) atoms. The molecule has 0 aliphatic rings. The van der Waals surface area contributed by atoms with E-state index in [0.717, 1.165) is 5.56 Å². The Labute approximate surface area is 148 Å². The molecule has 0 aliphatic carbocycles. The topological polar surface area (TPSA) is 88.2 Å². The van der Waals surface area contributed by atoms with Crippen molar-refractivity contribution in [1.82, 2.24) is 9.71 Å². The smallest absolute Gasteiger partial charge is 0.240 e. The van der Waals surface area contributed by atoms with Gasteiger partial charge in [-0.15, -0.1) is 0 Å². The van der Waals surface area contributed by atoms with Gasteiger partial charge in [-0.2, -0.15) is 0 Å². The number of sulfonamides is 1. The minimum atomic E-state index is -3.63. The van der Waals surface area contributed by atoms with E-state index >= 15 is 0 Å². The van der Waals surface area contributed by atoms with Crippen LogP contribution < -0.4 is 10.0 Å². The second kappa shape index (κ2) is 7.76. The summed E-state index contributed by atoms with van der Waals surface area (Å²) < 4.78 is 27.0. The minimum absolute atomic E-state index is 0.0280. The number of rotatable bonds is 6. The van der Waals surface area contributed by atoms with E-state index in [9.17, 15) is 13.2 Å². The Morgan fingerprint density at radius 2 is 1.64 bits per heavy atom. The zero-order chi connectivity index (χ0) is 18.5. The van der Waals surface area contributed by atoms with Gasteiger partial charge < -0.3 is 5.32 Å². The summed E-state index contributed by atoms with van der Waals surface area (Å²) in [6.45, 7) is 6.22. The Morgan fingerprint density at radius 1 is 1.04 bits per heavy atom. The standard InChI is InChI=1S/C18H23N3O3S/c1-18(2,3)14-4-6-16(7-5-14)25(23,24)20-13-10-17(22)21-15-8-11-19-12-9-15/h4-9,11-12,20H,10,13H2,1-3H3,(H,19,21,22). The molecule has 7 heteroatoms. The van der Waals surface area contributed by atoms with Gasteiger partial charge in [0.1, 0.15) is 0 Å². The lowest BCUT2D eigenvalue weighted by Crippen LogP contribution is -2.28. The van der Waals surface area contributed by atoms with Gasteiger partial charge in [-0.3, -0.25) is 9.78 Å². The molecule has 2 N–H and O–H groups in total. The molecule has 2 aromatic rings. The highest BCUT2D eigenvalue weighted by molar-refractivity contribution is 7.89. The van der Waals surface area contributed by atoms with Crippen LogP contribution in [0.4, 0.5) is 5.69 Å². The van der Waals surface area contributed by atoms with E-state index in [0.29, 0.717) is 5.69 Å². The quantitative estimate of drug-likeness (QED) is 0.828. The molecule has 0 atom stereocenters. The van der Waals surface area contributed by atoms with Crippen LogP contribution in [0.25, 0.3) is 0 Å². The molecular formula is C18H23N3O3S. The van der Waals surface area contributed by atoms with Crippen LogP contribution >= 0.6 is 0 Å². The molecule has 0 unspecified atom stereocenters. The number of amides is 1. The first kappa shape index (κ1) is 19.1. The summed E-state index contributed by atoms with van der Waals surface area (Å²) in [5.41, 5.74) is 1.64. The predicted octanol–water partition coefficient (Wildman–Crippen LogP) is 2.69. The van der Waals surface area contributed by atoms with Gasteiger partial charge in [-0.05, 0) is 35.2 Å². The fourth-order valence-corrected chi connectivity index (χ4v) is 3.21. The molecule has 0 saturated carbocycles. The summed E-state index contributed by atoms with van der Waals surface area (Å²) in [7, 11) is -3.63. The molecule has 2 rings (SSSR count). The van der Waals surface area contributed by atoms with Crippen LogP contribution in [-0.4, -0.2) is 25.9 Å². The van der Waals surface area contributed by atoms with Crippen molar-refractivity contribution < 1.29 is 13.2 Å². The monoisotopic (exact) mass is 361 g/mol. The van der Waals surface area contributed by atoms with Gasteiger partial charge in [-0.25, -0.2) is 13.1 Å². The van der Waals surface area contributed by atoms with Gasteiger partial charge in [0.15, 0.2) is 0 Å². The number of aromatic nitrogens is 1. The van der Waals surface area contributed by atoms with Gasteiger partial charge in [0, 0.05) is 31.0 Å². The van der Waals surface area contributed by atoms with Gasteiger partial charge in [0.25, 0.3) is 0 Å². The van der Waals surface area contributed by atoms with Crippen molar-refractivity contribution in [2.45, 2.75) is 37.5 Å². The van der Waals surface area contributed by atoms with Crippen molar-refractivity contribution in [3.8, 4) is 0 Å². The van der Waals surface area contributed by atoms with Crippen molar-refractivity contribution >= 4 is 21.6 Å². The van der Waals surface area contributed by atoms with Gasteiger partial charge >= 0.3 is 0 Å². The second-order valence-electron chi connectivity index (χ2n) is 6.71. The number of hydrogen-bond donors (Lipinski definition) is 2. The number of benzene rings is 1. The maximum absolute atomic E-state index is 12.3. The molecule has 1 aromatic heterocycles. The molecule has 1 amide bonds. The molecule has 0 radical (unpaired) electrons. The van der Waals surface area contributed by atoms with E-state index in [1.807, 2.05) is 12.1 Å². The Morgan fingerprint density at radius 3 is 2.20 bits per heavy atom. The highest BCUT2D eigenvalue weighted by Crippen LogP contribution is 2.23. The van der Waals surface area contributed by atoms with Crippen LogP contribution in [0.3, 0.4) is 0 Å². The maximum atomic E-state index is 12.3. The van der Waals surface area contributed by atoms with Crippen LogP contribution in [0.5, 0.6) is 0 Å². The Balaban J connectivity index is 1.90. The summed E-state index contributed by atoms with van der Waals surface area (Å²) in [6.07, 6.45) is 3.18. The number of hydrogen-bond acceptors (Lipinski definition) is 4. The third-order valence-electron chi connectivity index (χ3n) is 3.64. The molecule has 0 bridgehead atoms. The molecule has 0 aliphatic heterocycles. The van der Waals surface area contributed by atoms with E-state index in [-0.39, 0.29) is 29.2 Å². The minimum Gasteiger partial charge on any atom is -0.326 e. The number of pyridine rings is 1. The van der Waals surface area contributed by atoms with E-state index in [1.165, 1.54) is 0 Å². The molecule has 1 heterocycles. The summed E-state index contributed by atoms with van der Waals surface area (Å²) in [5.74, 6) is -0.267. The first-order valence-corrected chi connectivity index (χ1v) is 9.47. The molecule has 134 valence electrons. The number of nitrogens with one attached hydrogen (secondary N) is 2. The third kappa shape index (κ3) is 5.65. The van der Waals surface area contributed by atoms with Gasteiger partial charge in [-0.1, -0.05) is 32.9 Å². The SMILES string of the molecule is CC(C)(C)c1ccc(S(=O)(=O)NCCC(=O)Nc2ccncc2)cc1. The maximum Gasteiger partial charge on any atom is 0.240 e. The normalized spacial score (nSPS) is 12.0. The molecule has 0 fully saturated rings. The average molecular weight is 361 g/mol. The van der Waals surface area contributed by atoms with Crippen LogP contribution in [0.1, 0.15) is 32.8 Å². The summed E-state index contributed by atoms with van der Waals surface area (Å²) in [6, 6.07) is 10.1. The highest BCUT2D eigenvalue weighted by atomic mass is 32.2. The van der Waals surface area contributed by atoms with Crippen LogP contribution in [0, 0.1) is 0 Å². The molecular weight excluding hydrogens is 338 g/mol. The Bertz CT molecular complexity index is 811. The Hall–Kier alpha value is -2.25. The van der Waals surface area contributed by atoms with E-state index in [4.69, 9.17) is 0 Å². The lowest BCUT2D eigenvalue weighted by Gasteiger charge is -2.19. The van der Waals surface area contributed by atoms with Crippen LogP contribution in [0.15, 0.2) is 53.7 Å². The molecule has 6 nitrogen and oxygen atoms in total. The third-order valence-corrected chi connectivity index (χ3v) is 5.12. The second-order valence-corrected chi connectivity index (χ2v) is 8.47. The summed E-state index contributed by atoms with van der Waals surface area (Å²) in [4.78, 5) is 15.9. The number of nitrogens with zero attached hydrogens (tertiary/aromatic N) is 1. The van der Waals surface area contributed by atoms with Crippen molar-refractivity contribution in [3.05, 3.63) is 54.4 Å². The highest BCUT2D eigenvalue weighted by Gasteiger charge is 2.17. The molecule has 0 saturated heterocycles. The van der Waals surface area contributed by atoms with Crippen molar-refractivity contribution in [2.24, 2.45) is 0 Å². The lowest BCUT2D eigenvalue weighted by molar-refractivity contribution is -0.116. The fourth-order valence-electron chi connectivity index (χ4n) is 2.18. The predicted molar refractivity (Wildman–Crippen MR) is 97.8 cm³/mol. The molecule has 0 spiro atoms. The van der Waals surface area contributed by atoms with E-state index in [1.54, 1.807) is 36.7 Å². The van der Waals surface area contributed by atoms with Crippen molar-refractivity contribution in [1.29, 1.82) is 0 Å². The lowest BCUT2D eigenvalue weighted by atomic mass is 9.87. The number of carbonyl (C=O) groups excluding carboxylic acids is 1. The molecule has 1 aromatic carbocycles. The summed E-state index contributed by atoms with van der Waals surface area (Å²) in [5, 5.41) is 2.68. The van der Waals surface area contributed by atoms with Crippen molar-refractivity contribution in [2.75, 3.05) is 11.9 Å². The van der Waals surface area contributed by atoms with E-state index < -0.39 is 10.0 Å². The van der Waals surface area contributed by atoms with Crippen molar-refractivity contribution in [3.63, 3.8) is 0 Å². The van der Waals surface area contributed by atoms with Crippen LogP contribution in [-0.2, 0) is 20.2 Å². The zero-order valence-electron chi connectivity index (χ0n) is 14.6.